The van der Waals surface area contributed by atoms with Gasteiger partial charge in [0.1, 0.15) is 5.69 Å². The summed E-state index contributed by atoms with van der Waals surface area (Å²) in [7, 11) is 1.77. The topological polar surface area (TPSA) is 63.5 Å². The first-order valence-corrected chi connectivity index (χ1v) is 9.97. The lowest BCUT2D eigenvalue weighted by Gasteiger charge is -2.29. The number of anilines is 1. The van der Waals surface area contributed by atoms with E-state index in [0.29, 0.717) is 22.4 Å². The Morgan fingerprint density at radius 3 is 2.89 bits per heavy atom. The van der Waals surface area contributed by atoms with E-state index in [4.69, 9.17) is 16.3 Å². The van der Waals surface area contributed by atoms with E-state index in [-0.39, 0.29) is 5.91 Å². The maximum absolute atomic E-state index is 13.2. The standard InChI is InChI=1S/C18H20ClN5O2S/c1-22-15(4-5-20-22)17(25)24(7-6-23-8-10-26-11-9-23)18-21-14-3-2-13(19)12-16(14)27-18/h2-5,12H,6-11H2,1H3. The van der Waals surface area contributed by atoms with Gasteiger partial charge in [-0.25, -0.2) is 4.98 Å². The molecule has 1 amide bonds. The summed E-state index contributed by atoms with van der Waals surface area (Å²) >= 11 is 7.58. The number of halogens is 1. The fourth-order valence-corrected chi connectivity index (χ4v) is 4.34. The van der Waals surface area contributed by atoms with Gasteiger partial charge in [-0.15, -0.1) is 0 Å². The molecule has 3 aromatic rings. The van der Waals surface area contributed by atoms with E-state index in [9.17, 15) is 4.79 Å². The van der Waals surface area contributed by atoms with Crippen LogP contribution in [0.25, 0.3) is 10.2 Å². The number of benzene rings is 1. The van der Waals surface area contributed by atoms with E-state index in [1.54, 1.807) is 28.9 Å². The molecule has 7 nitrogen and oxygen atoms in total. The number of amides is 1. The Morgan fingerprint density at radius 2 is 2.15 bits per heavy atom. The molecular weight excluding hydrogens is 386 g/mol. The van der Waals surface area contributed by atoms with Gasteiger partial charge in [-0.3, -0.25) is 19.3 Å². The smallest absolute Gasteiger partial charge is 0.278 e. The van der Waals surface area contributed by atoms with E-state index in [0.717, 1.165) is 43.1 Å². The summed E-state index contributed by atoms with van der Waals surface area (Å²) in [4.78, 5) is 21.9. The van der Waals surface area contributed by atoms with Crippen LogP contribution in [-0.2, 0) is 11.8 Å². The van der Waals surface area contributed by atoms with Gasteiger partial charge in [-0.1, -0.05) is 22.9 Å². The van der Waals surface area contributed by atoms with Gasteiger partial charge in [0.25, 0.3) is 5.91 Å². The van der Waals surface area contributed by atoms with Crippen LogP contribution in [0.4, 0.5) is 5.13 Å². The van der Waals surface area contributed by atoms with Crippen LogP contribution in [0.1, 0.15) is 10.5 Å². The highest BCUT2D eigenvalue weighted by Gasteiger charge is 2.24. The molecule has 4 rings (SSSR count). The van der Waals surface area contributed by atoms with Crippen LogP contribution in [0.15, 0.2) is 30.5 Å². The molecule has 2 aromatic heterocycles. The van der Waals surface area contributed by atoms with Crippen molar-refractivity contribution in [2.75, 3.05) is 44.3 Å². The molecular formula is C18H20ClN5O2S. The van der Waals surface area contributed by atoms with Gasteiger partial charge in [-0.05, 0) is 24.3 Å². The minimum absolute atomic E-state index is 0.103. The molecule has 0 bridgehead atoms. The maximum atomic E-state index is 13.2. The van der Waals surface area contributed by atoms with Crippen LogP contribution in [0.5, 0.6) is 0 Å². The zero-order valence-corrected chi connectivity index (χ0v) is 16.5. The van der Waals surface area contributed by atoms with Crippen LogP contribution < -0.4 is 4.90 Å². The van der Waals surface area contributed by atoms with Gasteiger partial charge in [0.05, 0.1) is 23.4 Å². The number of ether oxygens (including phenoxy) is 1. The Morgan fingerprint density at radius 1 is 1.33 bits per heavy atom. The maximum Gasteiger partial charge on any atom is 0.278 e. The summed E-state index contributed by atoms with van der Waals surface area (Å²) in [5.74, 6) is -0.103. The highest BCUT2D eigenvalue weighted by molar-refractivity contribution is 7.22. The molecule has 27 heavy (non-hydrogen) atoms. The Labute approximate surface area is 166 Å². The number of morpholine rings is 1. The fraction of sp³-hybridized carbons (Fsp3) is 0.389. The van der Waals surface area contributed by atoms with Crippen molar-refractivity contribution >= 4 is 44.2 Å². The average molecular weight is 406 g/mol. The molecule has 142 valence electrons. The van der Waals surface area contributed by atoms with Crippen molar-refractivity contribution in [3.8, 4) is 0 Å². The molecule has 0 spiro atoms. The predicted octanol–water partition coefficient (Wildman–Crippen LogP) is 2.66. The van der Waals surface area contributed by atoms with Crippen LogP contribution in [0.3, 0.4) is 0 Å². The number of nitrogens with zero attached hydrogens (tertiary/aromatic N) is 5. The van der Waals surface area contributed by atoms with Gasteiger partial charge >= 0.3 is 0 Å². The van der Waals surface area contributed by atoms with Crippen molar-refractivity contribution in [3.05, 3.63) is 41.2 Å². The molecule has 3 heterocycles. The van der Waals surface area contributed by atoms with E-state index in [1.807, 2.05) is 18.2 Å². The molecule has 9 heteroatoms. The van der Waals surface area contributed by atoms with Crippen molar-refractivity contribution in [3.63, 3.8) is 0 Å². The molecule has 1 saturated heterocycles. The first-order valence-electron chi connectivity index (χ1n) is 8.78. The first-order chi connectivity index (χ1) is 13.1. The number of thiazole rings is 1. The quantitative estimate of drug-likeness (QED) is 0.653. The second-order valence-corrected chi connectivity index (χ2v) is 7.80. The van der Waals surface area contributed by atoms with Crippen molar-refractivity contribution in [2.45, 2.75) is 0 Å². The number of rotatable bonds is 5. The van der Waals surface area contributed by atoms with Gasteiger partial charge in [-0.2, -0.15) is 5.10 Å². The van der Waals surface area contributed by atoms with Crippen LogP contribution >= 0.6 is 22.9 Å². The number of aryl methyl sites for hydroxylation is 1. The lowest BCUT2D eigenvalue weighted by Crippen LogP contribution is -2.43. The summed E-state index contributed by atoms with van der Waals surface area (Å²) in [6.07, 6.45) is 1.63. The zero-order valence-electron chi connectivity index (χ0n) is 15.0. The van der Waals surface area contributed by atoms with E-state index in [2.05, 4.69) is 15.0 Å². The Kier molecular flexibility index (Phi) is 5.40. The van der Waals surface area contributed by atoms with E-state index < -0.39 is 0 Å². The van der Waals surface area contributed by atoms with Crippen LogP contribution in [-0.4, -0.2) is 65.0 Å². The number of hydrogen-bond acceptors (Lipinski definition) is 6. The van der Waals surface area contributed by atoms with Gasteiger partial charge in [0, 0.05) is 44.4 Å². The largest absolute Gasteiger partial charge is 0.379 e. The third-order valence-corrected chi connectivity index (χ3v) is 5.88. The fourth-order valence-electron chi connectivity index (χ4n) is 3.07. The molecule has 0 unspecified atom stereocenters. The SMILES string of the molecule is Cn1nccc1C(=O)N(CCN1CCOCC1)c1nc2ccc(Cl)cc2s1. The lowest BCUT2D eigenvalue weighted by molar-refractivity contribution is 0.0391. The van der Waals surface area contributed by atoms with Crippen molar-refractivity contribution in [1.29, 1.82) is 0 Å². The monoisotopic (exact) mass is 405 g/mol. The Hall–Kier alpha value is -2.00. The molecule has 1 aliphatic heterocycles. The summed E-state index contributed by atoms with van der Waals surface area (Å²) in [5, 5.41) is 5.46. The molecule has 0 atom stereocenters. The molecule has 1 aliphatic rings. The van der Waals surface area contributed by atoms with Gasteiger partial charge < -0.3 is 4.74 Å². The Balaban J connectivity index is 1.63. The third-order valence-electron chi connectivity index (χ3n) is 4.60. The summed E-state index contributed by atoms with van der Waals surface area (Å²) in [6.45, 7) is 4.54. The molecule has 0 aliphatic carbocycles. The molecule has 0 saturated carbocycles. The number of fused-ring (bicyclic) bond motifs is 1. The van der Waals surface area contributed by atoms with Crippen molar-refractivity contribution in [1.82, 2.24) is 19.7 Å². The van der Waals surface area contributed by atoms with Crippen LogP contribution in [0, 0.1) is 0 Å². The average Bonchev–Trinajstić information content (AvgIpc) is 3.28. The molecule has 0 radical (unpaired) electrons. The van der Waals surface area contributed by atoms with Crippen LogP contribution in [0.2, 0.25) is 5.02 Å². The predicted molar refractivity (Wildman–Crippen MR) is 107 cm³/mol. The highest BCUT2D eigenvalue weighted by Crippen LogP contribution is 2.31. The zero-order chi connectivity index (χ0) is 18.8. The molecule has 1 aromatic carbocycles. The second kappa shape index (κ2) is 7.93. The first kappa shape index (κ1) is 18.4. The number of hydrogen-bond donors (Lipinski definition) is 0. The normalized spacial score (nSPS) is 15.3. The second-order valence-electron chi connectivity index (χ2n) is 6.36. The van der Waals surface area contributed by atoms with Crippen molar-refractivity contribution in [2.24, 2.45) is 7.05 Å². The summed E-state index contributed by atoms with van der Waals surface area (Å²) in [6, 6.07) is 7.31. The minimum atomic E-state index is -0.103. The van der Waals surface area contributed by atoms with Crippen molar-refractivity contribution < 1.29 is 9.53 Å². The number of carbonyl (C=O) groups excluding carboxylic acids is 1. The number of aromatic nitrogens is 3. The van der Waals surface area contributed by atoms with Gasteiger partial charge in [0.2, 0.25) is 0 Å². The lowest BCUT2D eigenvalue weighted by atomic mass is 10.3. The number of carbonyl (C=O) groups is 1. The summed E-state index contributed by atoms with van der Waals surface area (Å²) < 4.78 is 7.96. The molecule has 0 N–H and O–H groups in total. The van der Waals surface area contributed by atoms with E-state index >= 15 is 0 Å². The minimum Gasteiger partial charge on any atom is -0.379 e. The van der Waals surface area contributed by atoms with Gasteiger partial charge in [0.15, 0.2) is 5.13 Å². The highest BCUT2D eigenvalue weighted by atomic mass is 35.5. The molecule has 1 fully saturated rings. The third kappa shape index (κ3) is 3.98. The Bertz CT molecular complexity index is 950. The summed E-state index contributed by atoms with van der Waals surface area (Å²) in [5.41, 5.74) is 1.38. The van der Waals surface area contributed by atoms with E-state index in [1.165, 1.54) is 11.3 Å².